The molecule has 1 amide bonds. The molecular weight excluding hydrogens is 210 g/mol. The van der Waals surface area contributed by atoms with E-state index in [0.29, 0.717) is 19.5 Å². The highest BCUT2D eigenvalue weighted by Crippen LogP contribution is 2.08. The van der Waals surface area contributed by atoms with Crippen LogP contribution in [0.1, 0.15) is 6.42 Å². The Morgan fingerprint density at radius 2 is 2.44 bits per heavy atom. The highest BCUT2D eigenvalue weighted by Gasteiger charge is 2.24. The lowest BCUT2D eigenvalue weighted by molar-refractivity contribution is -0.131. The van der Waals surface area contributed by atoms with Crippen molar-refractivity contribution in [2.75, 3.05) is 13.1 Å². The molecule has 0 saturated carbocycles. The van der Waals surface area contributed by atoms with E-state index in [0.717, 1.165) is 0 Å². The summed E-state index contributed by atoms with van der Waals surface area (Å²) in [6.07, 6.45) is 3.09. The molecule has 1 aliphatic heterocycles. The molecule has 1 aromatic heterocycles. The molecule has 0 spiro atoms. The fraction of sp³-hybridized carbons (Fsp3) is 0.500. The third kappa shape index (κ3) is 2.27. The highest BCUT2D eigenvalue weighted by molar-refractivity contribution is 5.76. The maximum Gasteiger partial charge on any atom is 0.347 e. The third-order valence-corrected chi connectivity index (χ3v) is 2.60. The first-order valence-electron chi connectivity index (χ1n) is 5.14. The summed E-state index contributed by atoms with van der Waals surface area (Å²) in [5.74, 6) is -0.161. The van der Waals surface area contributed by atoms with Crippen LogP contribution in [0.25, 0.3) is 0 Å². The first kappa shape index (κ1) is 10.8. The number of aliphatic hydroxyl groups is 1. The summed E-state index contributed by atoms with van der Waals surface area (Å²) < 4.78 is 1.26. The Morgan fingerprint density at radius 3 is 3.06 bits per heavy atom. The summed E-state index contributed by atoms with van der Waals surface area (Å²) in [7, 11) is 0. The maximum absolute atomic E-state index is 11.7. The molecule has 0 unspecified atom stereocenters. The molecule has 1 saturated heterocycles. The van der Waals surface area contributed by atoms with Gasteiger partial charge in [0.2, 0.25) is 5.91 Å². The van der Waals surface area contributed by atoms with Crippen LogP contribution in [0.3, 0.4) is 0 Å². The largest absolute Gasteiger partial charge is 0.391 e. The standard InChI is InChI=1S/C10H13N3O3/c14-8-2-5-12(6-8)9(15)7-13-4-1-3-11-10(13)16/h1,3-4,8,14H,2,5-7H2/t8-/m0/s1. The van der Waals surface area contributed by atoms with Crippen LogP contribution in [-0.4, -0.2) is 44.7 Å². The summed E-state index contributed by atoms with van der Waals surface area (Å²) in [5, 5.41) is 9.29. The van der Waals surface area contributed by atoms with E-state index >= 15 is 0 Å². The molecule has 86 valence electrons. The van der Waals surface area contributed by atoms with Crippen molar-refractivity contribution in [3.05, 3.63) is 28.9 Å². The van der Waals surface area contributed by atoms with Crippen LogP contribution in [0.4, 0.5) is 0 Å². The topological polar surface area (TPSA) is 75.4 Å². The first-order valence-corrected chi connectivity index (χ1v) is 5.14. The minimum absolute atomic E-state index is 0.0145. The van der Waals surface area contributed by atoms with E-state index in [-0.39, 0.29) is 12.5 Å². The van der Waals surface area contributed by atoms with Crippen LogP contribution < -0.4 is 5.69 Å². The lowest BCUT2D eigenvalue weighted by Crippen LogP contribution is -2.35. The number of amides is 1. The second-order valence-electron chi connectivity index (χ2n) is 3.81. The van der Waals surface area contributed by atoms with E-state index in [2.05, 4.69) is 4.98 Å². The Kier molecular flexibility index (Phi) is 3.00. The molecule has 2 rings (SSSR count). The van der Waals surface area contributed by atoms with Crippen molar-refractivity contribution in [1.82, 2.24) is 14.5 Å². The Bertz CT molecular complexity index is 443. The van der Waals surface area contributed by atoms with Crippen LogP contribution >= 0.6 is 0 Å². The summed E-state index contributed by atoms with van der Waals surface area (Å²) in [4.78, 5) is 28.1. The van der Waals surface area contributed by atoms with Gasteiger partial charge in [0.25, 0.3) is 0 Å². The Morgan fingerprint density at radius 1 is 1.62 bits per heavy atom. The normalized spacial score (nSPS) is 20.1. The van der Waals surface area contributed by atoms with Crippen molar-refractivity contribution in [3.8, 4) is 0 Å². The number of nitrogens with zero attached hydrogens (tertiary/aromatic N) is 3. The van der Waals surface area contributed by atoms with Crippen LogP contribution in [-0.2, 0) is 11.3 Å². The number of β-amino-alcohol motifs (C(OH)–C–C–N with tert-alkyl or cyclic N) is 1. The van der Waals surface area contributed by atoms with Gasteiger partial charge in [-0.2, -0.15) is 0 Å². The molecule has 1 aromatic rings. The van der Waals surface area contributed by atoms with Gasteiger partial charge in [0.05, 0.1) is 6.10 Å². The molecule has 1 N–H and O–H groups in total. The SMILES string of the molecule is O=C(Cn1cccnc1=O)N1CC[C@H](O)C1. The molecule has 1 aliphatic rings. The number of carbonyl (C=O) groups is 1. The number of hydrogen-bond acceptors (Lipinski definition) is 4. The maximum atomic E-state index is 11.7. The van der Waals surface area contributed by atoms with Gasteiger partial charge >= 0.3 is 5.69 Å². The number of rotatable bonds is 2. The van der Waals surface area contributed by atoms with Gasteiger partial charge in [0.1, 0.15) is 6.54 Å². The van der Waals surface area contributed by atoms with Crippen molar-refractivity contribution in [1.29, 1.82) is 0 Å². The zero-order chi connectivity index (χ0) is 11.5. The molecular formula is C10H13N3O3. The highest BCUT2D eigenvalue weighted by atomic mass is 16.3. The van der Waals surface area contributed by atoms with E-state index in [1.165, 1.54) is 17.0 Å². The summed E-state index contributed by atoms with van der Waals surface area (Å²) in [6, 6.07) is 1.60. The molecule has 6 heteroatoms. The van der Waals surface area contributed by atoms with Gasteiger partial charge in [-0.05, 0) is 12.5 Å². The van der Waals surface area contributed by atoms with E-state index in [1.807, 2.05) is 0 Å². The van der Waals surface area contributed by atoms with Crippen LogP contribution in [0.15, 0.2) is 23.3 Å². The van der Waals surface area contributed by atoms with E-state index < -0.39 is 11.8 Å². The van der Waals surface area contributed by atoms with Crippen LogP contribution in [0.2, 0.25) is 0 Å². The van der Waals surface area contributed by atoms with Crippen molar-refractivity contribution in [3.63, 3.8) is 0 Å². The number of aromatic nitrogens is 2. The fourth-order valence-corrected chi connectivity index (χ4v) is 1.72. The van der Waals surface area contributed by atoms with Crippen LogP contribution in [0.5, 0.6) is 0 Å². The molecule has 2 heterocycles. The summed E-state index contributed by atoms with van der Waals surface area (Å²) >= 11 is 0. The molecule has 1 atom stereocenters. The monoisotopic (exact) mass is 223 g/mol. The number of carbonyl (C=O) groups excluding carboxylic acids is 1. The molecule has 0 radical (unpaired) electrons. The lowest BCUT2D eigenvalue weighted by atomic mass is 10.3. The second-order valence-corrected chi connectivity index (χ2v) is 3.81. The van der Waals surface area contributed by atoms with Gasteiger partial charge in [-0.25, -0.2) is 9.78 Å². The average molecular weight is 223 g/mol. The third-order valence-electron chi connectivity index (χ3n) is 2.60. The van der Waals surface area contributed by atoms with Crippen molar-refractivity contribution < 1.29 is 9.90 Å². The quantitative estimate of drug-likeness (QED) is 0.686. The molecule has 6 nitrogen and oxygen atoms in total. The zero-order valence-electron chi connectivity index (χ0n) is 8.74. The predicted octanol–water partition coefficient (Wildman–Crippen LogP) is -1.16. The minimum atomic E-state index is -0.436. The Balaban J connectivity index is 2.03. The fourth-order valence-electron chi connectivity index (χ4n) is 1.72. The van der Waals surface area contributed by atoms with Gasteiger partial charge in [-0.1, -0.05) is 0 Å². The van der Waals surface area contributed by atoms with Crippen molar-refractivity contribution in [2.45, 2.75) is 19.1 Å². The van der Waals surface area contributed by atoms with Gasteiger partial charge in [-0.15, -0.1) is 0 Å². The van der Waals surface area contributed by atoms with E-state index in [4.69, 9.17) is 0 Å². The van der Waals surface area contributed by atoms with Crippen molar-refractivity contribution in [2.24, 2.45) is 0 Å². The van der Waals surface area contributed by atoms with E-state index in [9.17, 15) is 14.7 Å². The predicted molar refractivity (Wildman–Crippen MR) is 55.7 cm³/mol. The lowest BCUT2D eigenvalue weighted by Gasteiger charge is -2.15. The Labute approximate surface area is 92.1 Å². The van der Waals surface area contributed by atoms with Crippen LogP contribution in [0, 0.1) is 0 Å². The number of likely N-dealkylation sites (tertiary alicyclic amines) is 1. The minimum Gasteiger partial charge on any atom is -0.391 e. The smallest absolute Gasteiger partial charge is 0.347 e. The van der Waals surface area contributed by atoms with E-state index in [1.54, 1.807) is 11.0 Å². The first-order chi connectivity index (χ1) is 7.66. The molecule has 0 aliphatic carbocycles. The van der Waals surface area contributed by atoms with Crippen molar-refractivity contribution >= 4 is 5.91 Å². The van der Waals surface area contributed by atoms with Gasteiger partial charge in [0, 0.05) is 25.5 Å². The number of hydrogen-bond donors (Lipinski definition) is 1. The number of aliphatic hydroxyl groups excluding tert-OH is 1. The zero-order valence-corrected chi connectivity index (χ0v) is 8.74. The molecule has 0 aromatic carbocycles. The van der Waals surface area contributed by atoms with Gasteiger partial charge < -0.3 is 10.0 Å². The molecule has 16 heavy (non-hydrogen) atoms. The summed E-state index contributed by atoms with van der Waals surface area (Å²) in [6.45, 7) is 0.891. The second kappa shape index (κ2) is 4.44. The van der Waals surface area contributed by atoms with Gasteiger partial charge in [-0.3, -0.25) is 9.36 Å². The molecule has 0 bridgehead atoms. The Hall–Kier alpha value is -1.69. The molecule has 1 fully saturated rings. The summed E-state index contributed by atoms with van der Waals surface area (Å²) in [5.41, 5.74) is -0.435. The van der Waals surface area contributed by atoms with Gasteiger partial charge in [0.15, 0.2) is 0 Å². The average Bonchev–Trinajstić information content (AvgIpc) is 2.68.